The highest BCUT2D eigenvalue weighted by atomic mass is 35.5. The zero-order valence-corrected chi connectivity index (χ0v) is 20.7. The van der Waals surface area contributed by atoms with E-state index in [2.05, 4.69) is 68.4 Å². The van der Waals surface area contributed by atoms with E-state index in [1.807, 2.05) is 39.0 Å². The molecule has 3 heteroatoms. The summed E-state index contributed by atoms with van der Waals surface area (Å²) in [5, 5.41) is 0.857. The summed E-state index contributed by atoms with van der Waals surface area (Å²) in [6.45, 7) is 10.4. The largest absolute Gasteiger partial charge is 0.337 e. The van der Waals surface area contributed by atoms with Crippen LogP contribution >= 0.6 is 11.6 Å². The topological polar surface area (TPSA) is 18.5 Å². The lowest BCUT2D eigenvalue weighted by atomic mass is 9.81. The predicted octanol–water partition coefficient (Wildman–Crippen LogP) is 8.53. The van der Waals surface area contributed by atoms with E-state index < -0.39 is 0 Å². The molecule has 0 N–H and O–H groups in total. The van der Waals surface area contributed by atoms with Crippen molar-refractivity contribution in [2.75, 3.05) is 0 Å². The van der Waals surface area contributed by atoms with Gasteiger partial charge in [0.1, 0.15) is 5.60 Å². The summed E-state index contributed by atoms with van der Waals surface area (Å²) in [7, 11) is 0. The van der Waals surface area contributed by atoms with Gasteiger partial charge in [0.25, 0.3) is 0 Å². The highest BCUT2D eigenvalue weighted by Crippen LogP contribution is 2.38. The Morgan fingerprint density at radius 2 is 1.53 bits per heavy atom. The van der Waals surface area contributed by atoms with Gasteiger partial charge in [-0.05, 0) is 86.3 Å². The van der Waals surface area contributed by atoms with E-state index in [-0.39, 0.29) is 11.5 Å². The fraction of sp³-hybridized carbons (Fsp3) is 0.379. The third-order valence-corrected chi connectivity index (χ3v) is 6.11. The van der Waals surface area contributed by atoms with Crippen LogP contribution in [0.15, 0.2) is 72.8 Å². The minimum Gasteiger partial charge on any atom is -0.337 e. The number of halogens is 1. The second-order valence-corrected chi connectivity index (χ2v) is 9.94. The van der Waals surface area contributed by atoms with Crippen LogP contribution in [-0.4, -0.2) is 5.60 Å². The minimum atomic E-state index is -0.382. The highest BCUT2D eigenvalue weighted by Gasteiger charge is 2.23. The predicted molar refractivity (Wildman–Crippen MR) is 135 cm³/mol. The monoisotopic (exact) mass is 450 g/mol. The maximum atomic E-state index is 6.74. The molecule has 32 heavy (non-hydrogen) atoms. The van der Waals surface area contributed by atoms with E-state index in [9.17, 15) is 0 Å². The van der Waals surface area contributed by atoms with Crippen LogP contribution in [-0.2, 0) is 17.7 Å². The normalized spacial score (nSPS) is 13.6. The molecule has 170 valence electrons. The second-order valence-electron chi connectivity index (χ2n) is 9.53. The molecule has 0 radical (unpaired) electrons. The molecule has 2 unspecified atom stereocenters. The molecule has 3 aromatic carbocycles. The van der Waals surface area contributed by atoms with Crippen LogP contribution in [0.4, 0.5) is 0 Å². The van der Waals surface area contributed by atoms with E-state index in [4.69, 9.17) is 21.4 Å². The van der Waals surface area contributed by atoms with Crippen molar-refractivity contribution in [3.63, 3.8) is 0 Å². The van der Waals surface area contributed by atoms with Gasteiger partial charge < -0.3 is 4.89 Å². The molecular formula is C29H35ClO2. The van der Waals surface area contributed by atoms with Crippen LogP contribution < -0.4 is 4.89 Å². The van der Waals surface area contributed by atoms with E-state index in [0.29, 0.717) is 5.92 Å². The standard InChI is InChI=1S/C29H35ClO2/c1-6-21(2)28-25(16-12-17-26(28)30)24(19-22-13-8-7-9-14-22)20-23-15-10-11-18-27(23)31-32-29(3,4)5/h7-18,21,24H,6,19-20H2,1-5H3. The Morgan fingerprint density at radius 1 is 0.844 bits per heavy atom. The first-order valence-corrected chi connectivity index (χ1v) is 11.9. The van der Waals surface area contributed by atoms with Gasteiger partial charge in [-0.2, -0.15) is 4.89 Å². The van der Waals surface area contributed by atoms with Gasteiger partial charge >= 0.3 is 0 Å². The van der Waals surface area contributed by atoms with Crippen LogP contribution in [0.2, 0.25) is 5.02 Å². The van der Waals surface area contributed by atoms with Gasteiger partial charge in [-0.15, -0.1) is 0 Å². The first-order chi connectivity index (χ1) is 15.3. The molecule has 0 aliphatic rings. The van der Waals surface area contributed by atoms with Crippen molar-refractivity contribution in [1.82, 2.24) is 0 Å². The summed E-state index contributed by atoms with van der Waals surface area (Å²) in [6, 6.07) is 25.2. The third kappa shape index (κ3) is 6.60. The molecule has 0 saturated carbocycles. The molecule has 2 nitrogen and oxygen atoms in total. The average molecular weight is 451 g/mol. The fourth-order valence-electron chi connectivity index (χ4n) is 4.01. The van der Waals surface area contributed by atoms with Crippen molar-refractivity contribution in [2.24, 2.45) is 0 Å². The van der Waals surface area contributed by atoms with Crippen LogP contribution in [0.3, 0.4) is 0 Å². The lowest BCUT2D eigenvalue weighted by Crippen LogP contribution is -2.21. The number of rotatable bonds is 9. The third-order valence-electron chi connectivity index (χ3n) is 5.78. The zero-order valence-electron chi connectivity index (χ0n) is 19.9. The van der Waals surface area contributed by atoms with Crippen molar-refractivity contribution >= 4 is 11.6 Å². The molecule has 2 atom stereocenters. The molecule has 0 saturated heterocycles. The van der Waals surface area contributed by atoms with Crippen LogP contribution in [0, 0.1) is 0 Å². The molecule has 0 aromatic heterocycles. The average Bonchev–Trinajstić information content (AvgIpc) is 2.77. The van der Waals surface area contributed by atoms with Crippen molar-refractivity contribution in [3.05, 3.63) is 100 Å². The Bertz CT molecular complexity index is 992. The van der Waals surface area contributed by atoms with E-state index in [1.54, 1.807) is 0 Å². The molecule has 0 bridgehead atoms. The van der Waals surface area contributed by atoms with Gasteiger partial charge in [0, 0.05) is 5.02 Å². The van der Waals surface area contributed by atoms with Gasteiger partial charge in [0.15, 0.2) is 5.75 Å². The quantitative estimate of drug-likeness (QED) is 0.240. The van der Waals surface area contributed by atoms with Gasteiger partial charge in [-0.1, -0.05) is 86.1 Å². The maximum absolute atomic E-state index is 6.74. The van der Waals surface area contributed by atoms with Crippen LogP contribution in [0.1, 0.15) is 75.1 Å². The van der Waals surface area contributed by atoms with E-state index in [0.717, 1.165) is 35.6 Å². The lowest BCUT2D eigenvalue weighted by Gasteiger charge is -2.26. The van der Waals surface area contributed by atoms with Crippen LogP contribution in [0.25, 0.3) is 0 Å². The van der Waals surface area contributed by atoms with Crippen molar-refractivity contribution in [2.45, 2.75) is 71.3 Å². The van der Waals surface area contributed by atoms with Crippen molar-refractivity contribution in [3.8, 4) is 5.75 Å². The number of hydrogen-bond donors (Lipinski definition) is 0. The summed E-state index contributed by atoms with van der Waals surface area (Å²) in [4.78, 5) is 11.4. The van der Waals surface area contributed by atoms with Crippen molar-refractivity contribution in [1.29, 1.82) is 0 Å². The molecule has 3 aromatic rings. The minimum absolute atomic E-state index is 0.263. The molecule has 0 fully saturated rings. The Labute approximate surface area is 198 Å². The van der Waals surface area contributed by atoms with Gasteiger partial charge in [-0.25, -0.2) is 0 Å². The van der Waals surface area contributed by atoms with Crippen molar-refractivity contribution < 1.29 is 9.78 Å². The first kappa shape index (κ1) is 24.4. The molecule has 0 heterocycles. The molecular weight excluding hydrogens is 416 g/mol. The molecule has 3 rings (SSSR count). The first-order valence-electron chi connectivity index (χ1n) is 11.5. The van der Waals surface area contributed by atoms with E-state index in [1.165, 1.54) is 16.7 Å². The second kappa shape index (κ2) is 11.0. The Balaban J connectivity index is 2.01. The Morgan fingerprint density at radius 3 is 2.22 bits per heavy atom. The van der Waals surface area contributed by atoms with Gasteiger partial charge in [-0.3, -0.25) is 0 Å². The summed E-state index contributed by atoms with van der Waals surface area (Å²) >= 11 is 6.74. The smallest absolute Gasteiger partial charge is 0.168 e. The molecule has 0 spiro atoms. The van der Waals surface area contributed by atoms with Gasteiger partial charge in [0.05, 0.1) is 0 Å². The summed E-state index contributed by atoms with van der Waals surface area (Å²) in [5.74, 6) is 1.43. The summed E-state index contributed by atoms with van der Waals surface area (Å²) in [6.07, 6.45) is 2.81. The SMILES string of the molecule is CCC(C)c1c(Cl)cccc1C(Cc1ccccc1)Cc1ccccc1OOC(C)(C)C. The Kier molecular flexibility index (Phi) is 8.39. The van der Waals surface area contributed by atoms with E-state index >= 15 is 0 Å². The Hall–Kier alpha value is -2.29. The summed E-state index contributed by atoms with van der Waals surface area (Å²) in [5.41, 5.74) is 4.65. The number of para-hydroxylation sites is 1. The molecule has 0 amide bonds. The zero-order chi connectivity index (χ0) is 23.1. The maximum Gasteiger partial charge on any atom is 0.168 e. The fourth-order valence-corrected chi connectivity index (χ4v) is 4.38. The van der Waals surface area contributed by atoms with Gasteiger partial charge in [0.2, 0.25) is 0 Å². The lowest BCUT2D eigenvalue weighted by molar-refractivity contribution is -0.275. The highest BCUT2D eigenvalue weighted by molar-refractivity contribution is 6.31. The number of benzene rings is 3. The molecule has 0 aliphatic heterocycles. The molecule has 0 aliphatic carbocycles. The van der Waals surface area contributed by atoms with Crippen LogP contribution in [0.5, 0.6) is 5.75 Å². The summed E-state index contributed by atoms with van der Waals surface area (Å²) < 4.78 is 0. The number of hydrogen-bond acceptors (Lipinski definition) is 2.